The number of benzene rings is 2. The Labute approximate surface area is 134 Å². The van der Waals surface area contributed by atoms with Crippen LogP contribution in [0.1, 0.15) is 11.5 Å². The molecule has 6 nitrogen and oxygen atoms in total. The van der Waals surface area contributed by atoms with Crippen LogP contribution in [0, 0.1) is 6.92 Å². The zero-order valence-electron chi connectivity index (χ0n) is 12.4. The Morgan fingerprint density at radius 3 is 2.48 bits per heavy atom. The fraction of sp³-hybridized carbons (Fsp3) is 0.125. The van der Waals surface area contributed by atoms with E-state index in [2.05, 4.69) is 14.9 Å². The Balaban J connectivity index is 1.74. The minimum Gasteiger partial charge on any atom is -0.338 e. The Hall–Kier alpha value is -2.51. The van der Waals surface area contributed by atoms with Crippen LogP contribution in [0.2, 0.25) is 0 Å². The molecule has 2 aromatic carbocycles. The normalized spacial score (nSPS) is 11.5. The molecule has 118 valence electrons. The van der Waals surface area contributed by atoms with Gasteiger partial charge in [0.2, 0.25) is 21.7 Å². The van der Waals surface area contributed by atoms with Crippen LogP contribution < -0.4 is 4.72 Å². The summed E-state index contributed by atoms with van der Waals surface area (Å²) in [4.78, 5) is 4.43. The van der Waals surface area contributed by atoms with Crippen LogP contribution >= 0.6 is 0 Å². The number of sulfonamides is 1. The highest BCUT2D eigenvalue weighted by Crippen LogP contribution is 2.16. The number of rotatable bonds is 5. The predicted molar refractivity (Wildman–Crippen MR) is 84.9 cm³/mol. The van der Waals surface area contributed by atoms with Crippen molar-refractivity contribution in [3.05, 3.63) is 66.1 Å². The van der Waals surface area contributed by atoms with Crippen LogP contribution in [0.4, 0.5) is 0 Å². The van der Waals surface area contributed by atoms with Gasteiger partial charge in [-0.3, -0.25) is 0 Å². The second-order valence-corrected chi connectivity index (χ2v) is 6.70. The summed E-state index contributed by atoms with van der Waals surface area (Å²) in [6, 6.07) is 16.1. The first-order chi connectivity index (χ1) is 11.1. The number of nitrogens with one attached hydrogen (secondary N) is 1. The van der Waals surface area contributed by atoms with E-state index < -0.39 is 10.0 Å². The summed E-state index contributed by atoms with van der Waals surface area (Å²) in [5.41, 5.74) is 1.49. The lowest BCUT2D eigenvalue weighted by Crippen LogP contribution is -2.24. The Morgan fingerprint density at radius 1 is 1.04 bits per heavy atom. The third-order valence-corrected chi connectivity index (χ3v) is 4.86. The van der Waals surface area contributed by atoms with Crippen LogP contribution in [-0.2, 0) is 16.6 Å². The topological polar surface area (TPSA) is 85.1 Å². The van der Waals surface area contributed by atoms with Crippen molar-refractivity contribution >= 4 is 10.0 Å². The van der Waals surface area contributed by atoms with Gasteiger partial charge in [-0.05, 0) is 18.6 Å². The number of aryl methyl sites for hydroxylation is 1. The fourth-order valence-corrected chi connectivity index (χ4v) is 3.34. The monoisotopic (exact) mass is 329 g/mol. The van der Waals surface area contributed by atoms with Crippen LogP contribution in [0.25, 0.3) is 11.4 Å². The molecule has 1 heterocycles. The highest BCUT2D eigenvalue weighted by atomic mass is 32.2. The molecule has 0 fully saturated rings. The second kappa shape index (κ2) is 6.31. The van der Waals surface area contributed by atoms with Crippen molar-refractivity contribution in [1.29, 1.82) is 0 Å². The van der Waals surface area contributed by atoms with E-state index in [1.165, 1.54) is 0 Å². The minimum atomic E-state index is -3.62. The maximum atomic E-state index is 12.3. The van der Waals surface area contributed by atoms with Crippen LogP contribution in [0.3, 0.4) is 0 Å². The molecule has 0 bridgehead atoms. The summed E-state index contributed by atoms with van der Waals surface area (Å²) in [7, 11) is -3.62. The van der Waals surface area contributed by atoms with Gasteiger partial charge in [0, 0.05) is 5.56 Å². The van der Waals surface area contributed by atoms with Crippen LogP contribution in [0.5, 0.6) is 0 Å². The number of hydrogen-bond donors (Lipinski definition) is 1. The van der Waals surface area contributed by atoms with Crippen molar-refractivity contribution in [2.45, 2.75) is 18.4 Å². The van der Waals surface area contributed by atoms with E-state index in [9.17, 15) is 8.42 Å². The van der Waals surface area contributed by atoms with Gasteiger partial charge >= 0.3 is 0 Å². The lowest BCUT2D eigenvalue weighted by molar-refractivity contribution is 0.376. The highest BCUT2D eigenvalue weighted by molar-refractivity contribution is 7.89. The van der Waals surface area contributed by atoms with Gasteiger partial charge in [0.05, 0.1) is 11.4 Å². The molecule has 0 aliphatic carbocycles. The van der Waals surface area contributed by atoms with Gasteiger partial charge in [-0.15, -0.1) is 0 Å². The lowest BCUT2D eigenvalue weighted by Gasteiger charge is -2.07. The number of aromatic nitrogens is 2. The van der Waals surface area contributed by atoms with Crippen molar-refractivity contribution in [1.82, 2.24) is 14.9 Å². The predicted octanol–water partition coefficient (Wildman–Crippen LogP) is 2.52. The second-order valence-electron chi connectivity index (χ2n) is 4.97. The quantitative estimate of drug-likeness (QED) is 0.777. The molecule has 0 atom stereocenters. The zero-order chi connectivity index (χ0) is 16.3. The van der Waals surface area contributed by atoms with Crippen LogP contribution in [-0.4, -0.2) is 18.6 Å². The molecule has 1 aromatic heterocycles. The molecule has 0 aliphatic heterocycles. The third-order valence-electron chi connectivity index (χ3n) is 3.30. The molecule has 7 heteroatoms. The summed E-state index contributed by atoms with van der Waals surface area (Å²) >= 11 is 0. The van der Waals surface area contributed by atoms with Gasteiger partial charge in [0.25, 0.3) is 0 Å². The number of nitrogens with zero attached hydrogens (tertiary/aromatic N) is 2. The maximum Gasteiger partial charge on any atom is 0.242 e. The standard InChI is InChI=1S/C16H15N3O3S/c1-12-7-5-6-10-14(12)23(20,21)17-11-15-18-16(19-22-15)13-8-3-2-4-9-13/h2-10,17H,11H2,1H3. The van der Waals surface area contributed by atoms with E-state index in [1.807, 2.05) is 30.3 Å². The molecular formula is C16H15N3O3S. The van der Waals surface area contributed by atoms with Gasteiger partial charge in [-0.1, -0.05) is 53.7 Å². The Bertz CT molecular complexity index is 905. The first kappa shape index (κ1) is 15.4. The molecular weight excluding hydrogens is 314 g/mol. The molecule has 0 saturated carbocycles. The first-order valence-corrected chi connectivity index (χ1v) is 8.48. The van der Waals surface area contributed by atoms with E-state index in [-0.39, 0.29) is 17.3 Å². The average molecular weight is 329 g/mol. The average Bonchev–Trinajstić information content (AvgIpc) is 3.03. The summed E-state index contributed by atoms with van der Waals surface area (Å²) < 4.78 is 32.2. The molecule has 0 amide bonds. The smallest absolute Gasteiger partial charge is 0.242 e. The molecule has 23 heavy (non-hydrogen) atoms. The largest absolute Gasteiger partial charge is 0.338 e. The van der Waals surface area contributed by atoms with Crippen molar-refractivity contribution in [2.75, 3.05) is 0 Å². The highest BCUT2D eigenvalue weighted by Gasteiger charge is 2.17. The van der Waals surface area contributed by atoms with Crippen molar-refractivity contribution in [3.63, 3.8) is 0 Å². The first-order valence-electron chi connectivity index (χ1n) is 6.99. The molecule has 1 N–H and O–H groups in total. The zero-order valence-corrected chi connectivity index (χ0v) is 13.2. The van der Waals surface area contributed by atoms with Crippen molar-refractivity contribution in [3.8, 4) is 11.4 Å². The van der Waals surface area contributed by atoms with Crippen molar-refractivity contribution in [2.24, 2.45) is 0 Å². The molecule has 0 radical (unpaired) electrons. The summed E-state index contributed by atoms with van der Waals surface area (Å²) in [5, 5.41) is 3.86. The van der Waals surface area contributed by atoms with Gasteiger partial charge in [-0.2, -0.15) is 4.98 Å². The number of hydrogen-bond acceptors (Lipinski definition) is 5. The molecule has 0 unspecified atom stereocenters. The van der Waals surface area contributed by atoms with Gasteiger partial charge in [0.15, 0.2) is 0 Å². The molecule has 0 spiro atoms. The van der Waals surface area contributed by atoms with E-state index in [0.717, 1.165) is 5.56 Å². The van der Waals surface area contributed by atoms with E-state index in [1.54, 1.807) is 31.2 Å². The van der Waals surface area contributed by atoms with E-state index >= 15 is 0 Å². The summed E-state index contributed by atoms with van der Waals surface area (Å²) in [6.07, 6.45) is 0. The van der Waals surface area contributed by atoms with Crippen LogP contribution in [0.15, 0.2) is 64.0 Å². The lowest BCUT2D eigenvalue weighted by atomic mass is 10.2. The molecule has 3 aromatic rings. The van der Waals surface area contributed by atoms with E-state index in [4.69, 9.17) is 4.52 Å². The molecule has 3 rings (SSSR count). The summed E-state index contributed by atoms with van der Waals surface area (Å²) in [5.74, 6) is 0.636. The Kier molecular flexibility index (Phi) is 4.22. The minimum absolute atomic E-state index is 0.0590. The molecule has 0 saturated heterocycles. The third kappa shape index (κ3) is 3.46. The molecule has 0 aliphatic rings. The summed E-state index contributed by atoms with van der Waals surface area (Å²) in [6.45, 7) is 1.69. The SMILES string of the molecule is Cc1ccccc1S(=O)(=O)NCc1nc(-c2ccccc2)no1. The van der Waals surface area contributed by atoms with Crippen molar-refractivity contribution < 1.29 is 12.9 Å². The maximum absolute atomic E-state index is 12.3. The fourth-order valence-electron chi connectivity index (χ4n) is 2.12. The van der Waals surface area contributed by atoms with Gasteiger partial charge in [0.1, 0.15) is 0 Å². The van der Waals surface area contributed by atoms with Gasteiger partial charge in [-0.25, -0.2) is 13.1 Å². The van der Waals surface area contributed by atoms with Gasteiger partial charge < -0.3 is 4.52 Å². The Morgan fingerprint density at radius 2 is 1.74 bits per heavy atom. The van der Waals surface area contributed by atoms with E-state index in [0.29, 0.717) is 11.4 Å².